The highest BCUT2D eigenvalue weighted by atomic mass is 79.9. The summed E-state index contributed by atoms with van der Waals surface area (Å²) >= 11 is 3.17. The van der Waals surface area contributed by atoms with Gasteiger partial charge in [0.05, 0.1) is 12.8 Å². The molecule has 0 aromatic carbocycles. The molecule has 0 aliphatic heterocycles. The lowest BCUT2D eigenvalue weighted by Crippen LogP contribution is -1.99. The molecule has 0 aliphatic carbocycles. The zero-order valence-electron chi connectivity index (χ0n) is 6.04. The molecule has 0 aliphatic rings. The second-order valence-corrected chi connectivity index (χ2v) is 2.57. The van der Waals surface area contributed by atoms with E-state index in [0.29, 0.717) is 22.9 Å². The summed E-state index contributed by atoms with van der Waals surface area (Å²) in [5, 5.41) is 0. The first kappa shape index (κ1) is 8.26. The molecule has 2 N–H and O–H groups in total. The quantitative estimate of drug-likeness (QED) is 0.810. The van der Waals surface area contributed by atoms with E-state index in [1.54, 1.807) is 0 Å². The predicted octanol–water partition coefficient (Wildman–Crippen LogP) is 1.22. The van der Waals surface area contributed by atoms with E-state index >= 15 is 0 Å². The summed E-state index contributed by atoms with van der Waals surface area (Å²) in [6.07, 6.45) is 1.45. The summed E-state index contributed by atoms with van der Waals surface area (Å²) in [6, 6.07) is 0. The van der Waals surface area contributed by atoms with Crippen LogP contribution in [-0.4, -0.2) is 16.6 Å². The van der Waals surface area contributed by atoms with E-state index in [2.05, 4.69) is 25.9 Å². The zero-order chi connectivity index (χ0) is 8.27. The standard InChI is InChI=1S/C6H8BrN3O/c1-2-11-6-5(7)10-4(8)3-9-6/h3H,2H2,1H3,(H2,8,10). The molecule has 0 saturated carbocycles. The molecule has 0 spiro atoms. The van der Waals surface area contributed by atoms with Crippen molar-refractivity contribution in [1.29, 1.82) is 0 Å². The lowest BCUT2D eigenvalue weighted by molar-refractivity contribution is 0.323. The maximum atomic E-state index is 5.36. The van der Waals surface area contributed by atoms with Crippen LogP contribution in [-0.2, 0) is 0 Å². The Hall–Kier alpha value is -0.840. The molecule has 60 valence electrons. The summed E-state index contributed by atoms with van der Waals surface area (Å²) in [7, 11) is 0. The third-order valence-corrected chi connectivity index (χ3v) is 1.52. The fourth-order valence-corrected chi connectivity index (χ4v) is 1.02. The number of rotatable bonds is 2. The number of nitrogen functional groups attached to an aromatic ring is 1. The Morgan fingerprint density at radius 1 is 1.73 bits per heavy atom. The van der Waals surface area contributed by atoms with Crippen LogP contribution in [0.2, 0.25) is 0 Å². The maximum Gasteiger partial charge on any atom is 0.247 e. The number of aromatic nitrogens is 2. The van der Waals surface area contributed by atoms with Crippen molar-refractivity contribution in [3.8, 4) is 5.88 Å². The number of halogens is 1. The molecular weight excluding hydrogens is 210 g/mol. The lowest BCUT2D eigenvalue weighted by Gasteiger charge is -2.02. The van der Waals surface area contributed by atoms with Gasteiger partial charge in [-0.1, -0.05) is 0 Å². The second kappa shape index (κ2) is 3.52. The van der Waals surface area contributed by atoms with Crippen LogP contribution in [0.3, 0.4) is 0 Å². The van der Waals surface area contributed by atoms with Crippen LogP contribution in [0.5, 0.6) is 5.88 Å². The van der Waals surface area contributed by atoms with Crippen LogP contribution in [0.1, 0.15) is 6.92 Å². The van der Waals surface area contributed by atoms with Crippen molar-refractivity contribution in [3.05, 3.63) is 10.8 Å². The molecule has 0 atom stereocenters. The average Bonchev–Trinajstić information content (AvgIpc) is 1.95. The smallest absolute Gasteiger partial charge is 0.247 e. The largest absolute Gasteiger partial charge is 0.476 e. The van der Waals surface area contributed by atoms with E-state index in [-0.39, 0.29) is 0 Å². The summed E-state index contributed by atoms with van der Waals surface area (Å²) in [6.45, 7) is 2.45. The van der Waals surface area contributed by atoms with Gasteiger partial charge in [0.25, 0.3) is 0 Å². The van der Waals surface area contributed by atoms with Gasteiger partial charge in [-0.2, -0.15) is 0 Å². The first-order valence-corrected chi connectivity index (χ1v) is 3.94. The van der Waals surface area contributed by atoms with E-state index < -0.39 is 0 Å². The van der Waals surface area contributed by atoms with Crippen LogP contribution >= 0.6 is 15.9 Å². The van der Waals surface area contributed by atoms with Gasteiger partial charge in [-0.05, 0) is 22.9 Å². The van der Waals surface area contributed by atoms with Gasteiger partial charge >= 0.3 is 0 Å². The van der Waals surface area contributed by atoms with Gasteiger partial charge in [-0.3, -0.25) is 0 Å². The molecule has 0 fully saturated rings. The van der Waals surface area contributed by atoms with E-state index in [0.717, 1.165) is 0 Å². The van der Waals surface area contributed by atoms with Crippen molar-refractivity contribution in [1.82, 2.24) is 9.97 Å². The zero-order valence-corrected chi connectivity index (χ0v) is 7.63. The maximum absolute atomic E-state index is 5.36. The van der Waals surface area contributed by atoms with Crippen LogP contribution in [0.15, 0.2) is 10.8 Å². The first-order valence-electron chi connectivity index (χ1n) is 3.15. The fourth-order valence-electron chi connectivity index (χ4n) is 0.602. The third-order valence-electron chi connectivity index (χ3n) is 0.999. The van der Waals surface area contributed by atoms with Crippen LogP contribution in [0, 0.1) is 0 Å². The Kier molecular flexibility index (Phi) is 2.64. The minimum atomic E-state index is 0.375. The SMILES string of the molecule is CCOc1ncc(N)nc1Br. The number of nitrogens with two attached hydrogens (primary N) is 1. The normalized spacial score (nSPS) is 9.64. The first-order chi connectivity index (χ1) is 5.24. The summed E-state index contributed by atoms with van der Waals surface area (Å²) in [5.74, 6) is 0.849. The molecule has 1 aromatic heterocycles. The predicted molar refractivity (Wildman–Crippen MR) is 45.3 cm³/mol. The monoisotopic (exact) mass is 217 g/mol. The molecule has 1 rings (SSSR count). The molecule has 1 aromatic rings. The number of hydrogen-bond donors (Lipinski definition) is 1. The molecular formula is C6H8BrN3O. The van der Waals surface area contributed by atoms with Crippen molar-refractivity contribution >= 4 is 21.7 Å². The Bertz CT molecular complexity index is 254. The molecule has 1 heterocycles. The van der Waals surface area contributed by atoms with Crippen LogP contribution in [0.4, 0.5) is 5.82 Å². The van der Waals surface area contributed by atoms with Crippen molar-refractivity contribution in [3.63, 3.8) is 0 Å². The van der Waals surface area contributed by atoms with Crippen molar-refractivity contribution in [2.75, 3.05) is 12.3 Å². The van der Waals surface area contributed by atoms with E-state index in [4.69, 9.17) is 10.5 Å². The highest BCUT2D eigenvalue weighted by Crippen LogP contribution is 2.19. The molecule has 5 heteroatoms. The summed E-state index contributed by atoms with van der Waals surface area (Å²) in [5.41, 5.74) is 5.36. The fraction of sp³-hybridized carbons (Fsp3) is 0.333. The molecule has 0 saturated heterocycles. The van der Waals surface area contributed by atoms with Gasteiger partial charge in [-0.25, -0.2) is 9.97 Å². The molecule has 4 nitrogen and oxygen atoms in total. The van der Waals surface area contributed by atoms with E-state index in [1.807, 2.05) is 6.92 Å². The van der Waals surface area contributed by atoms with Crippen molar-refractivity contribution in [2.24, 2.45) is 0 Å². The van der Waals surface area contributed by atoms with Gasteiger partial charge in [0, 0.05) is 0 Å². The average molecular weight is 218 g/mol. The molecule has 0 bridgehead atoms. The van der Waals surface area contributed by atoms with Crippen molar-refractivity contribution < 1.29 is 4.74 Å². The van der Waals surface area contributed by atoms with Gasteiger partial charge in [-0.15, -0.1) is 0 Å². The Morgan fingerprint density at radius 2 is 2.45 bits per heavy atom. The molecule has 0 radical (unpaired) electrons. The van der Waals surface area contributed by atoms with Gasteiger partial charge in [0.2, 0.25) is 5.88 Å². The van der Waals surface area contributed by atoms with E-state index in [9.17, 15) is 0 Å². The van der Waals surface area contributed by atoms with Gasteiger partial charge in [0.1, 0.15) is 5.82 Å². The van der Waals surface area contributed by atoms with Gasteiger partial charge < -0.3 is 10.5 Å². The highest BCUT2D eigenvalue weighted by molar-refractivity contribution is 9.10. The Labute approximate surface area is 72.9 Å². The van der Waals surface area contributed by atoms with E-state index in [1.165, 1.54) is 6.20 Å². The number of ether oxygens (including phenoxy) is 1. The lowest BCUT2D eigenvalue weighted by atomic mass is 10.6. The summed E-state index contributed by atoms with van der Waals surface area (Å²) in [4.78, 5) is 7.81. The number of anilines is 1. The molecule has 0 amide bonds. The topological polar surface area (TPSA) is 61.0 Å². The van der Waals surface area contributed by atoms with Crippen molar-refractivity contribution in [2.45, 2.75) is 6.92 Å². The van der Waals surface area contributed by atoms with Gasteiger partial charge in [0.15, 0.2) is 4.60 Å². The van der Waals surface area contributed by atoms with Crippen LogP contribution in [0.25, 0.3) is 0 Å². The summed E-state index contributed by atoms with van der Waals surface area (Å²) < 4.78 is 5.66. The Balaban J connectivity index is 2.90. The molecule has 0 unspecified atom stereocenters. The Morgan fingerprint density at radius 3 is 3.00 bits per heavy atom. The second-order valence-electron chi connectivity index (χ2n) is 1.82. The minimum Gasteiger partial charge on any atom is -0.476 e. The number of nitrogens with zero attached hydrogens (tertiary/aromatic N) is 2. The number of hydrogen-bond acceptors (Lipinski definition) is 4. The molecule has 11 heavy (non-hydrogen) atoms. The van der Waals surface area contributed by atoms with Crippen LogP contribution < -0.4 is 10.5 Å². The minimum absolute atomic E-state index is 0.375. The third kappa shape index (κ3) is 2.04. The highest BCUT2D eigenvalue weighted by Gasteiger charge is 2.02.